The van der Waals surface area contributed by atoms with Gasteiger partial charge in [0.1, 0.15) is 34.5 Å². The van der Waals surface area contributed by atoms with Crippen molar-refractivity contribution in [3.63, 3.8) is 0 Å². The van der Waals surface area contributed by atoms with Crippen LogP contribution in [0.25, 0.3) is 0 Å². The predicted molar refractivity (Wildman–Crippen MR) is 245 cm³/mol. The average Bonchev–Trinajstić information content (AvgIpc) is 3.71. The molecule has 0 aliphatic carbocycles. The molecular formula is C54H44N2O8. The molecule has 2 heterocycles. The molecule has 0 unspecified atom stereocenters. The Bertz CT molecular complexity index is 2770. The Labute approximate surface area is 371 Å². The third-order valence-corrected chi connectivity index (χ3v) is 12.3. The van der Waals surface area contributed by atoms with E-state index in [1.54, 1.807) is 68.8 Å². The van der Waals surface area contributed by atoms with Crippen LogP contribution in [0, 0.1) is 0 Å². The van der Waals surface area contributed by atoms with Crippen molar-refractivity contribution in [2.24, 2.45) is 0 Å². The van der Waals surface area contributed by atoms with E-state index in [0.29, 0.717) is 23.0 Å². The van der Waals surface area contributed by atoms with E-state index in [9.17, 15) is 19.2 Å². The van der Waals surface area contributed by atoms with Crippen LogP contribution in [0.2, 0.25) is 0 Å². The van der Waals surface area contributed by atoms with Crippen LogP contribution in [0.3, 0.4) is 0 Å². The number of nitrogens with zero attached hydrogens (tertiary/aromatic N) is 2. The summed E-state index contributed by atoms with van der Waals surface area (Å²) in [7, 11) is 3.29. The molecule has 0 saturated heterocycles. The number of methoxy groups -OCH3 is 2. The van der Waals surface area contributed by atoms with Crippen molar-refractivity contribution in [1.29, 1.82) is 0 Å². The Balaban J connectivity index is 0.882. The Kier molecular flexibility index (Phi) is 10.4. The van der Waals surface area contributed by atoms with E-state index in [4.69, 9.17) is 18.9 Å². The summed E-state index contributed by atoms with van der Waals surface area (Å²) in [4.78, 5) is 57.4. The fourth-order valence-electron chi connectivity index (χ4n) is 8.31. The van der Waals surface area contributed by atoms with E-state index >= 15 is 0 Å². The van der Waals surface area contributed by atoms with Gasteiger partial charge in [-0.3, -0.25) is 19.2 Å². The molecule has 10 nitrogen and oxygen atoms in total. The highest BCUT2D eigenvalue weighted by molar-refractivity contribution is 6.36. The van der Waals surface area contributed by atoms with Crippen LogP contribution in [0.5, 0.6) is 34.5 Å². The number of carbonyl (C=O) groups excluding carboxylic acids is 4. The molecular weight excluding hydrogens is 805 g/mol. The standard InChI is InChI=1S/C54H44N2O8/c1-53(2,33-10-18-39(61-5)19-11-33)35-14-22-41(23-15-35)63-43-26-28-45-47(31-43)51(59)55(49(45)57)37-8-7-9-38(30-37)56-50(58)46-29-27-44(32-48(46)52(56)60)64-42-24-16-36(17-25-42)54(3,4)34-12-20-40(62-6)21-13-34/h7-32H,1-6H3. The molecule has 9 rings (SSSR count). The number of hydrogen-bond acceptors (Lipinski definition) is 8. The Morgan fingerprint density at radius 2 is 0.641 bits per heavy atom. The molecule has 318 valence electrons. The molecule has 64 heavy (non-hydrogen) atoms. The topological polar surface area (TPSA) is 112 Å². The molecule has 0 bridgehead atoms. The van der Waals surface area contributed by atoms with E-state index in [-0.39, 0.29) is 44.5 Å². The van der Waals surface area contributed by atoms with Gasteiger partial charge < -0.3 is 18.9 Å². The number of ether oxygens (including phenoxy) is 4. The number of hydrogen-bond donors (Lipinski definition) is 0. The van der Waals surface area contributed by atoms with Crippen molar-refractivity contribution in [2.45, 2.75) is 38.5 Å². The molecule has 0 saturated carbocycles. The second kappa shape index (κ2) is 16.0. The van der Waals surface area contributed by atoms with Crippen molar-refractivity contribution in [1.82, 2.24) is 0 Å². The number of imide groups is 2. The molecule has 0 atom stereocenters. The second-order valence-electron chi connectivity index (χ2n) is 16.8. The van der Waals surface area contributed by atoms with Crippen molar-refractivity contribution < 1.29 is 38.1 Å². The lowest BCUT2D eigenvalue weighted by Crippen LogP contribution is -2.31. The molecule has 0 fully saturated rings. The Morgan fingerprint density at radius 3 is 0.969 bits per heavy atom. The maximum Gasteiger partial charge on any atom is 0.266 e. The first-order valence-electron chi connectivity index (χ1n) is 20.8. The lowest BCUT2D eigenvalue weighted by atomic mass is 9.78. The molecule has 4 amide bonds. The molecule has 0 aromatic heterocycles. The predicted octanol–water partition coefficient (Wildman–Crippen LogP) is 11.5. The van der Waals surface area contributed by atoms with E-state index in [0.717, 1.165) is 43.6 Å². The fourth-order valence-corrected chi connectivity index (χ4v) is 8.31. The number of rotatable bonds is 12. The van der Waals surface area contributed by atoms with Gasteiger partial charge in [0.05, 0.1) is 47.8 Å². The van der Waals surface area contributed by atoms with E-state index < -0.39 is 23.6 Å². The highest BCUT2D eigenvalue weighted by Gasteiger charge is 2.40. The molecule has 0 spiro atoms. The van der Waals surface area contributed by atoms with Gasteiger partial charge in [0.2, 0.25) is 0 Å². The van der Waals surface area contributed by atoms with Gasteiger partial charge in [0.25, 0.3) is 23.6 Å². The fraction of sp³-hybridized carbons (Fsp3) is 0.148. The van der Waals surface area contributed by atoms with Gasteiger partial charge in [-0.15, -0.1) is 0 Å². The number of carbonyl (C=O) groups is 4. The number of anilines is 2. The quantitative estimate of drug-likeness (QED) is 0.112. The smallest absolute Gasteiger partial charge is 0.266 e. The summed E-state index contributed by atoms with van der Waals surface area (Å²) in [5, 5.41) is 0. The number of fused-ring (bicyclic) bond motifs is 2. The van der Waals surface area contributed by atoms with Gasteiger partial charge in [-0.1, -0.05) is 82.3 Å². The largest absolute Gasteiger partial charge is 0.497 e. The summed E-state index contributed by atoms with van der Waals surface area (Å²) < 4.78 is 23.0. The maximum atomic E-state index is 13.9. The van der Waals surface area contributed by atoms with Crippen LogP contribution in [0.4, 0.5) is 11.4 Å². The minimum Gasteiger partial charge on any atom is -0.497 e. The van der Waals surface area contributed by atoms with Crippen molar-refractivity contribution in [3.05, 3.63) is 202 Å². The zero-order valence-electron chi connectivity index (χ0n) is 36.2. The average molecular weight is 849 g/mol. The number of benzene rings is 7. The summed E-state index contributed by atoms with van der Waals surface area (Å²) in [5.74, 6) is 1.32. The van der Waals surface area contributed by atoms with Crippen molar-refractivity contribution in [2.75, 3.05) is 24.0 Å². The zero-order chi connectivity index (χ0) is 44.9. The van der Waals surface area contributed by atoms with Crippen LogP contribution >= 0.6 is 0 Å². The summed E-state index contributed by atoms with van der Waals surface area (Å²) in [6, 6.07) is 47.3. The van der Waals surface area contributed by atoms with Crippen LogP contribution in [-0.4, -0.2) is 37.8 Å². The minimum absolute atomic E-state index is 0.175. The monoisotopic (exact) mass is 848 g/mol. The van der Waals surface area contributed by atoms with Gasteiger partial charge >= 0.3 is 0 Å². The molecule has 7 aromatic rings. The lowest BCUT2D eigenvalue weighted by molar-refractivity contribution is 0.0912. The van der Waals surface area contributed by atoms with Crippen molar-refractivity contribution >= 4 is 35.0 Å². The van der Waals surface area contributed by atoms with Crippen LogP contribution in [0.1, 0.15) is 91.4 Å². The molecule has 0 radical (unpaired) electrons. The highest BCUT2D eigenvalue weighted by Crippen LogP contribution is 2.39. The highest BCUT2D eigenvalue weighted by atomic mass is 16.5. The normalized spacial score (nSPS) is 13.5. The molecule has 2 aliphatic heterocycles. The van der Waals surface area contributed by atoms with Crippen LogP contribution in [-0.2, 0) is 10.8 Å². The summed E-state index contributed by atoms with van der Waals surface area (Å²) in [6.45, 7) is 8.59. The Morgan fingerprint density at radius 1 is 0.344 bits per heavy atom. The van der Waals surface area contributed by atoms with Gasteiger partial charge in [-0.05, 0) is 125 Å². The van der Waals surface area contributed by atoms with Crippen molar-refractivity contribution in [3.8, 4) is 34.5 Å². The van der Waals surface area contributed by atoms with Crippen LogP contribution in [0.15, 0.2) is 158 Å². The molecule has 0 N–H and O–H groups in total. The summed E-state index contributed by atoms with van der Waals surface area (Å²) in [5.41, 5.74) is 5.06. The first-order valence-corrected chi connectivity index (χ1v) is 20.8. The van der Waals surface area contributed by atoms with Crippen LogP contribution < -0.4 is 28.7 Å². The van der Waals surface area contributed by atoms with Gasteiger partial charge in [-0.25, -0.2) is 9.80 Å². The SMILES string of the molecule is COc1ccc(C(C)(C)c2ccc(Oc3ccc4c(c3)C(=O)N(c3cccc(N5C(=O)c6ccc(Oc7ccc(C(C)(C)c8ccc(OC)cc8)cc7)cc6C5=O)c3)C4=O)cc2)cc1. The molecule has 2 aliphatic rings. The van der Waals surface area contributed by atoms with Gasteiger partial charge in [-0.2, -0.15) is 0 Å². The second-order valence-corrected chi connectivity index (χ2v) is 16.8. The first-order chi connectivity index (χ1) is 30.8. The Hall–Kier alpha value is -7.98. The van der Waals surface area contributed by atoms with Gasteiger partial charge in [0.15, 0.2) is 0 Å². The third kappa shape index (κ3) is 7.32. The third-order valence-electron chi connectivity index (χ3n) is 12.3. The number of amides is 4. The minimum atomic E-state index is -0.555. The lowest BCUT2D eigenvalue weighted by Gasteiger charge is -2.26. The maximum absolute atomic E-state index is 13.9. The zero-order valence-corrected chi connectivity index (χ0v) is 36.2. The van der Waals surface area contributed by atoms with Gasteiger partial charge in [0, 0.05) is 10.8 Å². The summed E-state index contributed by atoms with van der Waals surface area (Å²) in [6.07, 6.45) is 0. The van der Waals surface area contributed by atoms with E-state index in [1.807, 2.05) is 72.8 Å². The molecule has 7 aromatic carbocycles. The van der Waals surface area contributed by atoms with E-state index in [2.05, 4.69) is 52.0 Å². The van der Waals surface area contributed by atoms with E-state index in [1.165, 1.54) is 6.07 Å². The molecule has 10 heteroatoms. The first kappa shape index (κ1) is 41.4. The summed E-state index contributed by atoms with van der Waals surface area (Å²) >= 11 is 0.